The number of amides is 1. The number of nitrogens with two attached hydrogens (primary N) is 1. The maximum Gasteiger partial charge on any atom is 0.247 e. The van der Waals surface area contributed by atoms with Crippen LogP contribution >= 0.6 is 0 Å². The number of hydrogen-bond acceptors (Lipinski definition) is 3. The molecular formula is C17H18N4O. The van der Waals surface area contributed by atoms with Crippen molar-refractivity contribution in [2.24, 2.45) is 0 Å². The molecule has 3 aromatic rings. The van der Waals surface area contributed by atoms with Crippen molar-refractivity contribution in [3.8, 4) is 0 Å². The number of nitrogens with one attached hydrogen (secondary N) is 1. The van der Waals surface area contributed by atoms with Crippen LogP contribution in [-0.2, 0) is 4.79 Å². The zero-order valence-electron chi connectivity index (χ0n) is 12.6. The quantitative estimate of drug-likeness (QED) is 0.729. The molecule has 0 bridgehead atoms. The number of aromatic nitrogens is 2. The van der Waals surface area contributed by atoms with Crippen LogP contribution in [0.2, 0.25) is 0 Å². The first-order valence-electron chi connectivity index (χ1n) is 7.16. The normalized spacial score (nSPS) is 12.3. The molecule has 1 atom stereocenters. The predicted molar refractivity (Wildman–Crippen MR) is 88.7 cm³/mol. The Bertz CT molecular complexity index is 820. The van der Waals surface area contributed by atoms with Crippen molar-refractivity contribution in [3.63, 3.8) is 0 Å². The van der Waals surface area contributed by atoms with Crippen LogP contribution in [0.4, 0.5) is 11.4 Å². The number of rotatable bonds is 3. The Morgan fingerprint density at radius 1 is 1.18 bits per heavy atom. The van der Waals surface area contributed by atoms with Gasteiger partial charge in [0.1, 0.15) is 11.9 Å². The van der Waals surface area contributed by atoms with E-state index in [9.17, 15) is 4.79 Å². The van der Waals surface area contributed by atoms with E-state index >= 15 is 0 Å². The highest BCUT2D eigenvalue weighted by Crippen LogP contribution is 2.22. The van der Waals surface area contributed by atoms with Crippen LogP contribution in [0.25, 0.3) is 11.0 Å². The van der Waals surface area contributed by atoms with Crippen LogP contribution < -0.4 is 11.1 Å². The molecule has 0 aliphatic rings. The fourth-order valence-electron chi connectivity index (χ4n) is 2.58. The van der Waals surface area contributed by atoms with Crippen LogP contribution in [0.5, 0.6) is 0 Å². The van der Waals surface area contributed by atoms with Crippen molar-refractivity contribution in [1.82, 2.24) is 9.55 Å². The fraction of sp³-hybridized carbons (Fsp3) is 0.176. The lowest BCUT2D eigenvalue weighted by Crippen LogP contribution is -2.24. The van der Waals surface area contributed by atoms with E-state index in [2.05, 4.69) is 10.3 Å². The predicted octanol–water partition coefficient (Wildman–Crippen LogP) is 3.13. The number of para-hydroxylation sites is 2. The topological polar surface area (TPSA) is 72.9 Å². The number of imidazole rings is 1. The first kappa shape index (κ1) is 14.1. The second kappa shape index (κ2) is 5.52. The molecule has 1 aromatic heterocycles. The van der Waals surface area contributed by atoms with Crippen LogP contribution in [0, 0.1) is 6.92 Å². The van der Waals surface area contributed by atoms with E-state index in [1.54, 1.807) is 24.3 Å². The minimum Gasteiger partial charge on any atom is -0.399 e. The Balaban J connectivity index is 1.88. The Morgan fingerprint density at radius 3 is 2.59 bits per heavy atom. The first-order valence-corrected chi connectivity index (χ1v) is 7.16. The maximum absolute atomic E-state index is 12.5. The number of nitrogens with zero attached hydrogens (tertiary/aromatic N) is 2. The lowest BCUT2D eigenvalue weighted by Gasteiger charge is -2.16. The van der Waals surface area contributed by atoms with E-state index in [4.69, 9.17) is 5.73 Å². The largest absolute Gasteiger partial charge is 0.399 e. The number of carbonyl (C=O) groups is 1. The van der Waals surface area contributed by atoms with Crippen molar-refractivity contribution in [2.45, 2.75) is 19.9 Å². The van der Waals surface area contributed by atoms with Crippen molar-refractivity contribution in [3.05, 3.63) is 54.4 Å². The van der Waals surface area contributed by atoms with Crippen molar-refractivity contribution in [1.29, 1.82) is 0 Å². The van der Waals surface area contributed by atoms with Crippen molar-refractivity contribution >= 4 is 28.3 Å². The summed E-state index contributed by atoms with van der Waals surface area (Å²) in [7, 11) is 0. The summed E-state index contributed by atoms with van der Waals surface area (Å²) in [5.74, 6) is 0.734. The summed E-state index contributed by atoms with van der Waals surface area (Å²) in [4.78, 5) is 17.0. The molecular weight excluding hydrogens is 276 g/mol. The highest BCUT2D eigenvalue weighted by atomic mass is 16.2. The molecule has 0 radical (unpaired) electrons. The molecule has 5 nitrogen and oxygen atoms in total. The van der Waals surface area contributed by atoms with Crippen molar-refractivity contribution < 1.29 is 4.79 Å². The molecule has 3 rings (SSSR count). The minimum atomic E-state index is -0.357. The second-order valence-corrected chi connectivity index (χ2v) is 5.30. The highest BCUT2D eigenvalue weighted by molar-refractivity contribution is 5.94. The molecule has 2 aromatic carbocycles. The van der Waals surface area contributed by atoms with Gasteiger partial charge in [0.15, 0.2) is 0 Å². The molecule has 22 heavy (non-hydrogen) atoms. The average Bonchev–Trinajstić information content (AvgIpc) is 2.84. The molecule has 0 spiro atoms. The number of hydrogen-bond donors (Lipinski definition) is 2. The van der Waals surface area contributed by atoms with Gasteiger partial charge in [0.2, 0.25) is 5.91 Å². The summed E-state index contributed by atoms with van der Waals surface area (Å²) in [5, 5.41) is 2.91. The van der Waals surface area contributed by atoms with Gasteiger partial charge in [-0.25, -0.2) is 4.98 Å². The number of aryl methyl sites for hydroxylation is 1. The monoisotopic (exact) mass is 294 g/mol. The van der Waals surface area contributed by atoms with Crippen LogP contribution in [0.1, 0.15) is 18.8 Å². The molecule has 112 valence electrons. The zero-order chi connectivity index (χ0) is 15.7. The summed E-state index contributed by atoms with van der Waals surface area (Å²) in [6, 6.07) is 14.6. The van der Waals surface area contributed by atoms with Gasteiger partial charge in [-0.3, -0.25) is 4.79 Å². The zero-order valence-corrected chi connectivity index (χ0v) is 12.6. The van der Waals surface area contributed by atoms with Gasteiger partial charge in [-0.1, -0.05) is 12.1 Å². The summed E-state index contributed by atoms with van der Waals surface area (Å²) in [6.45, 7) is 3.78. The standard InChI is InChI=1S/C17H18N4O/c1-11(17(22)20-14-9-7-13(18)8-10-14)21-12(2)19-15-5-3-4-6-16(15)21/h3-11H,18H2,1-2H3,(H,20,22). The number of benzene rings is 2. The van der Waals surface area contributed by atoms with Gasteiger partial charge in [-0.2, -0.15) is 0 Å². The van der Waals surface area contributed by atoms with Gasteiger partial charge in [0.25, 0.3) is 0 Å². The molecule has 0 fully saturated rings. The SMILES string of the molecule is Cc1nc2ccccc2n1C(C)C(=O)Nc1ccc(N)cc1. The van der Waals surface area contributed by atoms with Crippen molar-refractivity contribution in [2.75, 3.05) is 11.1 Å². The Kier molecular flexibility index (Phi) is 3.55. The number of anilines is 2. The van der Waals surface area contributed by atoms with E-state index in [-0.39, 0.29) is 11.9 Å². The molecule has 1 unspecified atom stereocenters. The number of fused-ring (bicyclic) bond motifs is 1. The molecule has 5 heteroatoms. The number of nitrogen functional groups attached to an aromatic ring is 1. The van der Waals surface area contributed by atoms with E-state index in [1.165, 1.54) is 0 Å². The van der Waals surface area contributed by atoms with Gasteiger partial charge in [-0.05, 0) is 50.2 Å². The van der Waals surface area contributed by atoms with E-state index in [0.29, 0.717) is 5.69 Å². The third-order valence-corrected chi connectivity index (χ3v) is 3.72. The van der Waals surface area contributed by atoms with Crippen LogP contribution in [0.15, 0.2) is 48.5 Å². The molecule has 0 aliphatic heterocycles. The first-order chi connectivity index (χ1) is 10.6. The van der Waals surface area contributed by atoms with Gasteiger partial charge >= 0.3 is 0 Å². The summed E-state index contributed by atoms with van der Waals surface area (Å²) < 4.78 is 1.95. The molecule has 1 amide bonds. The van der Waals surface area contributed by atoms with E-state index in [1.807, 2.05) is 42.7 Å². The molecule has 0 aliphatic carbocycles. The van der Waals surface area contributed by atoms with E-state index < -0.39 is 0 Å². The maximum atomic E-state index is 12.5. The smallest absolute Gasteiger partial charge is 0.247 e. The summed E-state index contributed by atoms with van der Waals surface area (Å²) in [6.07, 6.45) is 0. The fourth-order valence-corrected chi connectivity index (χ4v) is 2.58. The van der Waals surface area contributed by atoms with Gasteiger partial charge < -0.3 is 15.6 Å². The van der Waals surface area contributed by atoms with E-state index in [0.717, 1.165) is 22.5 Å². The molecule has 1 heterocycles. The molecule has 3 N–H and O–H groups in total. The average molecular weight is 294 g/mol. The third-order valence-electron chi connectivity index (χ3n) is 3.72. The Morgan fingerprint density at radius 2 is 1.86 bits per heavy atom. The second-order valence-electron chi connectivity index (χ2n) is 5.30. The third kappa shape index (κ3) is 2.53. The molecule has 0 saturated heterocycles. The highest BCUT2D eigenvalue weighted by Gasteiger charge is 2.19. The Labute approximate surface area is 128 Å². The lowest BCUT2D eigenvalue weighted by molar-refractivity contribution is -0.118. The van der Waals surface area contributed by atoms with Crippen LogP contribution in [0.3, 0.4) is 0 Å². The van der Waals surface area contributed by atoms with Gasteiger partial charge in [0.05, 0.1) is 11.0 Å². The number of carbonyl (C=O) groups excluding carboxylic acids is 1. The van der Waals surface area contributed by atoms with Gasteiger partial charge in [-0.15, -0.1) is 0 Å². The minimum absolute atomic E-state index is 0.0870. The van der Waals surface area contributed by atoms with Gasteiger partial charge in [0, 0.05) is 11.4 Å². The summed E-state index contributed by atoms with van der Waals surface area (Å²) >= 11 is 0. The van der Waals surface area contributed by atoms with Crippen LogP contribution in [-0.4, -0.2) is 15.5 Å². The Hall–Kier alpha value is -2.82. The lowest BCUT2D eigenvalue weighted by atomic mass is 10.2. The summed E-state index contributed by atoms with van der Waals surface area (Å²) in [5.41, 5.74) is 8.90. The molecule has 0 saturated carbocycles.